The second-order valence-corrected chi connectivity index (χ2v) is 25.7. The zero-order valence-corrected chi connectivity index (χ0v) is 54.6. The van der Waals surface area contributed by atoms with Gasteiger partial charge in [-0.05, 0) is 44.9 Å². The number of rotatable bonds is 60. The van der Waals surface area contributed by atoms with Crippen LogP contribution in [0.2, 0.25) is 0 Å². The van der Waals surface area contributed by atoms with Crippen LogP contribution in [0.4, 0.5) is 0 Å². The third-order valence-electron chi connectivity index (χ3n) is 17.9. The van der Waals surface area contributed by atoms with Crippen LogP contribution < -0.4 is 5.32 Å². The molecule has 2 aliphatic rings. The Balaban J connectivity index is 1.63. The van der Waals surface area contributed by atoms with Crippen LogP contribution in [0.5, 0.6) is 0 Å². The lowest BCUT2D eigenvalue weighted by Crippen LogP contribution is -2.65. The Kier molecular flexibility index (Phi) is 52.8. The predicted molar refractivity (Wildman–Crippen MR) is 346 cm³/mol. The molecule has 0 spiro atoms. The monoisotopic (exact) mass is 1210 g/mol. The number of allylic oxidation sites excluding steroid dienone is 4. The quantitative estimate of drug-likeness (QED) is 0.0204. The Bertz CT molecular complexity index is 1520. The Labute approximate surface area is 519 Å². The van der Waals surface area contributed by atoms with Gasteiger partial charge in [-0.15, -0.1) is 0 Å². The lowest BCUT2D eigenvalue weighted by molar-refractivity contribution is -0.359. The van der Waals surface area contributed by atoms with Crippen LogP contribution in [0, 0.1) is 0 Å². The van der Waals surface area contributed by atoms with Gasteiger partial charge in [-0.25, -0.2) is 0 Å². The maximum absolute atomic E-state index is 13.4. The van der Waals surface area contributed by atoms with Gasteiger partial charge in [0.2, 0.25) is 5.91 Å². The molecule has 12 unspecified atom stereocenters. The molecule has 0 radical (unpaired) electrons. The Hall–Kier alpha value is -1.53. The predicted octanol–water partition coefficient (Wildman–Crippen LogP) is 14.7. The normalized spacial score (nSPS) is 23.6. The van der Waals surface area contributed by atoms with Crippen LogP contribution in [0.25, 0.3) is 0 Å². The van der Waals surface area contributed by atoms with Crippen molar-refractivity contribution in [2.75, 3.05) is 19.8 Å². The molecule has 0 aromatic carbocycles. The van der Waals surface area contributed by atoms with E-state index in [1.54, 1.807) is 0 Å². The molecule has 2 saturated heterocycles. The zero-order chi connectivity index (χ0) is 61.6. The Morgan fingerprint density at radius 2 is 0.776 bits per heavy atom. The van der Waals surface area contributed by atoms with Crippen LogP contribution in [-0.2, 0) is 23.7 Å². The average Bonchev–Trinajstić information content (AvgIpc) is 3.68. The van der Waals surface area contributed by atoms with Gasteiger partial charge in [0.25, 0.3) is 0 Å². The molecule has 2 fully saturated rings. The summed E-state index contributed by atoms with van der Waals surface area (Å²) in [6, 6.07) is -0.827. The number of carbonyl (C=O) groups is 1. The van der Waals surface area contributed by atoms with Crippen molar-refractivity contribution in [3.8, 4) is 0 Å². The average molecular weight is 1210 g/mol. The summed E-state index contributed by atoms with van der Waals surface area (Å²) in [6.07, 6.45) is 53.4. The first-order valence-corrected chi connectivity index (χ1v) is 36.1. The molecule has 1 amide bonds. The summed E-state index contributed by atoms with van der Waals surface area (Å²) in [6.45, 7) is 2.90. The molecule has 14 nitrogen and oxygen atoms in total. The Morgan fingerprint density at radius 3 is 1.18 bits per heavy atom. The van der Waals surface area contributed by atoms with Gasteiger partial charge < -0.3 is 65.1 Å². The summed E-state index contributed by atoms with van der Waals surface area (Å²) in [5, 5.41) is 87.6. The van der Waals surface area contributed by atoms with Gasteiger partial charge in [-0.1, -0.05) is 301 Å². The van der Waals surface area contributed by atoms with Crippen molar-refractivity contribution in [2.45, 2.75) is 402 Å². The molecule has 2 heterocycles. The van der Waals surface area contributed by atoms with E-state index in [1.165, 1.54) is 244 Å². The number of carbonyl (C=O) groups excluding carboxylic acids is 1. The molecule has 0 saturated carbocycles. The minimum absolute atomic E-state index is 0.200. The summed E-state index contributed by atoms with van der Waals surface area (Å²) in [5.74, 6) is -0.200. The van der Waals surface area contributed by atoms with E-state index >= 15 is 0 Å². The highest BCUT2D eigenvalue weighted by molar-refractivity contribution is 5.76. The second-order valence-electron chi connectivity index (χ2n) is 25.7. The molecule has 85 heavy (non-hydrogen) atoms. The van der Waals surface area contributed by atoms with Crippen molar-refractivity contribution in [1.82, 2.24) is 5.32 Å². The number of ether oxygens (including phenoxy) is 4. The van der Waals surface area contributed by atoms with E-state index < -0.39 is 86.8 Å². The number of hydrogen-bond donors (Lipinski definition) is 9. The van der Waals surface area contributed by atoms with E-state index in [4.69, 9.17) is 18.9 Å². The fourth-order valence-electron chi connectivity index (χ4n) is 12.2. The first-order valence-electron chi connectivity index (χ1n) is 36.1. The first kappa shape index (κ1) is 79.6. The molecule has 2 rings (SSSR count). The standard InChI is InChI=1S/C71H135NO13/c1-3-5-7-9-11-13-15-17-19-21-23-25-26-27-28-29-30-31-32-33-34-35-37-39-41-43-45-47-49-51-53-55-63(76)72-59(60(75)54-52-50-48-46-44-42-40-38-36-24-22-20-18-16-14-12-10-8-6-4-2)58-82-70-68(81)66(79)69(62(57-74)84-70)85-71-67(80)65(78)64(77)61(56-73)83-71/h15,17,21,23,59-62,64-71,73-75,77-81H,3-14,16,18-20,22,24-58H2,1-2H3,(H,72,76)/b17-15-,23-21-. The summed E-state index contributed by atoms with van der Waals surface area (Å²) in [7, 11) is 0. The van der Waals surface area contributed by atoms with E-state index in [1.807, 2.05) is 0 Å². The highest BCUT2D eigenvalue weighted by atomic mass is 16.7. The van der Waals surface area contributed by atoms with Gasteiger partial charge >= 0.3 is 0 Å². The fraction of sp³-hybridized carbons (Fsp3) is 0.930. The lowest BCUT2D eigenvalue weighted by atomic mass is 9.97. The van der Waals surface area contributed by atoms with E-state index in [0.29, 0.717) is 12.8 Å². The van der Waals surface area contributed by atoms with Crippen LogP contribution in [0.1, 0.15) is 328 Å². The number of unbranched alkanes of at least 4 members (excludes halogenated alkanes) is 43. The highest BCUT2D eigenvalue weighted by Crippen LogP contribution is 2.30. The number of aliphatic hydroxyl groups excluding tert-OH is 8. The maximum atomic E-state index is 13.4. The molecule has 12 atom stereocenters. The first-order chi connectivity index (χ1) is 41.6. The van der Waals surface area contributed by atoms with Crippen molar-refractivity contribution < 1.29 is 64.6 Å². The summed E-state index contributed by atoms with van der Waals surface area (Å²) in [4.78, 5) is 13.4. The number of nitrogens with one attached hydrogen (secondary N) is 1. The van der Waals surface area contributed by atoms with E-state index in [0.717, 1.165) is 57.8 Å². The van der Waals surface area contributed by atoms with Gasteiger partial charge in [0.05, 0.1) is 32.0 Å². The van der Waals surface area contributed by atoms with Crippen LogP contribution in [0.15, 0.2) is 24.3 Å². The minimum atomic E-state index is -1.78. The van der Waals surface area contributed by atoms with Crippen molar-refractivity contribution in [3.05, 3.63) is 24.3 Å². The summed E-state index contributed by atoms with van der Waals surface area (Å²) in [5.41, 5.74) is 0. The molecule has 0 aromatic heterocycles. The van der Waals surface area contributed by atoms with Crippen LogP contribution >= 0.6 is 0 Å². The van der Waals surface area contributed by atoms with Crippen LogP contribution in [-0.4, -0.2) is 140 Å². The van der Waals surface area contributed by atoms with E-state index in [2.05, 4.69) is 43.5 Å². The van der Waals surface area contributed by atoms with Gasteiger partial charge in [-0.3, -0.25) is 4.79 Å². The van der Waals surface area contributed by atoms with E-state index in [-0.39, 0.29) is 12.5 Å². The molecular weight excluding hydrogens is 1070 g/mol. The smallest absolute Gasteiger partial charge is 0.220 e. The molecule has 2 aliphatic heterocycles. The maximum Gasteiger partial charge on any atom is 0.220 e. The van der Waals surface area contributed by atoms with Gasteiger partial charge in [0, 0.05) is 6.42 Å². The van der Waals surface area contributed by atoms with Gasteiger partial charge in [-0.2, -0.15) is 0 Å². The Morgan fingerprint density at radius 1 is 0.424 bits per heavy atom. The zero-order valence-electron chi connectivity index (χ0n) is 54.6. The van der Waals surface area contributed by atoms with Crippen molar-refractivity contribution in [2.24, 2.45) is 0 Å². The molecule has 9 N–H and O–H groups in total. The molecule has 0 aliphatic carbocycles. The number of amides is 1. The molecule has 14 heteroatoms. The van der Waals surface area contributed by atoms with Crippen molar-refractivity contribution in [1.29, 1.82) is 0 Å². The molecule has 0 aromatic rings. The number of hydrogen-bond acceptors (Lipinski definition) is 13. The lowest BCUT2D eigenvalue weighted by Gasteiger charge is -2.46. The van der Waals surface area contributed by atoms with E-state index in [9.17, 15) is 45.6 Å². The fourth-order valence-corrected chi connectivity index (χ4v) is 12.2. The summed E-state index contributed by atoms with van der Waals surface area (Å²) >= 11 is 0. The second kappa shape index (κ2) is 56.5. The number of aliphatic hydroxyl groups is 8. The van der Waals surface area contributed by atoms with Gasteiger partial charge in [0.1, 0.15) is 48.8 Å². The largest absolute Gasteiger partial charge is 0.394 e. The minimum Gasteiger partial charge on any atom is -0.394 e. The molecule has 0 bridgehead atoms. The SMILES string of the molecule is CCCCCCC/C=C\C/C=C\CCCCCCCCCCCCCCCCCCCCCC(=O)NC(COC1OC(CO)C(OC2OC(CO)C(O)C(O)C2O)C(O)C1O)C(O)CCCCCCCCCCCCCCCCCCCCCC. The highest BCUT2D eigenvalue weighted by Gasteiger charge is 2.51. The summed E-state index contributed by atoms with van der Waals surface area (Å²) < 4.78 is 22.9. The molecule has 502 valence electrons. The van der Waals surface area contributed by atoms with Gasteiger partial charge in [0.15, 0.2) is 12.6 Å². The topological polar surface area (TPSA) is 228 Å². The third kappa shape index (κ3) is 40.8. The van der Waals surface area contributed by atoms with Crippen LogP contribution in [0.3, 0.4) is 0 Å². The van der Waals surface area contributed by atoms with Crippen molar-refractivity contribution in [3.63, 3.8) is 0 Å². The molecular formula is C71H135NO13. The third-order valence-corrected chi connectivity index (χ3v) is 17.9. The van der Waals surface area contributed by atoms with Crippen molar-refractivity contribution >= 4 is 5.91 Å².